The van der Waals surface area contributed by atoms with Gasteiger partial charge in [-0.1, -0.05) is 28.1 Å². The van der Waals surface area contributed by atoms with Crippen molar-refractivity contribution in [2.45, 2.75) is 12.5 Å². The van der Waals surface area contributed by atoms with Crippen LogP contribution in [-0.4, -0.2) is 18.2 Å². The first kappa shape index (κ1) is 12.0. The van der Waals surface area contributed by atoms with Crippen LogP contribution in [0.25, 0.3) is 0 Å². The zero-order chi connectivity index (χ0) is 11.8. The summed E-state index contributed by atoms with van der Waals surface area (Å²) in [6.45, 7) is 2.68. The molecule has 0 saturated carbocycles. The Labute approximate surface area is 107 Å². The molecule has 16 heavy (non-hydrogen) atoms. The predicted molar refractivity (Wildman–Crippen MR) is 68.0 cm³/mol. The fourth-order valence-electron chi connectivity index (χ4n) is 1.79. The van der Waals surface area contributed by atoms with Gasteiger partial charge >= 0.3 is 0 Å². The minimum atomic E-state index is -0.594. The third kappa shape index (κ3) is 2.26. The number of ether oxygens (including phenoxy) is 1. The average Bonchev–Trinajstić information content (AvgIpc) is 2.21. The van der Waals surface area contributed by atoms with Gasteiger partial charge in [0, 0.05) is 10.0 Å². The maximum atomic E-state index is 13.8. The lowest BCUT2D eigenvalue weighted by atomic mass is 9.91. The van der Waals surface area contributed by atoms with Gasteiger partial charge in [0.1, 0.15) is 10.8 Å². The Balaban J connectivity index is 2.41. The Morgan fingerprint density at radius 2 is 2.31 bits per heavy atom. The van der Waals surface area contributed by atoms with E-state index in [0.29, 0.717) is 23.8 Å². The second kappa shape index (κ2) is 4.39. The molecule has 1 aliphatic heterocycles. The summed E-state index contributed by atoms with van der Waals surface area (Å²) in [5, 5.41) is 3.12. The van der Waals surface area contributed by atoms with Gasteiger partial charge in [0.2, 0.25) is 0 Å². The molecule has 1 N–H and O–H groups in total. The second-order valence-corrected chi connectivity index (χ2v) is 5.41. The van der Waals surface area contributed by atoms with Crippen LogP contribution in [-0.2, 0) is 10.3 Å². The molecule has 1 atom stereocenters. The smallest absolute Gasteiger partial charge is 0.128 e. The van der Waals surface area contributed by atoms with Crippen LogP contribution in [0.1, 0.15) is 12.5 Å². The van der Waals surface area contributed by atoms with E-state index in [9.17, 15) is 4.39 Å². The number of nitrogens with one attached hydrogen (secondary N) is 1. The highest BCUT2D eigenvalue weighted by atomic mass is 79.9. The van der Waals surface area contributed by atoms with Crippen LogP contribution in [0.4, 0.5) is 4.39 Å². The standard InChI is InChI=1S/C11H11BrFNOS/c1-11(6-15-5-10(16)14-11)8-4-7(12)2-3-9(8)13/h2-4H,5-6H2,1H3,(H,14,16)/t11-/m0/s1. The van der Waals surface area contributed by atoms with Crippen molar-refractivity contribution in [3.63, 3.8) is 0 Å². The van der Waals surface area contributed by atoms with E-state index < -0.39 is 5.54 Å². The quantitative estimate of drug-likeness (QED) is 0.806. The van der Waals surface area contributed by atoms with Crippen LogP contribution in [0.3, 0.4) is 0 Å². The summed E-state index contributed by atoms with van der Waals surface area (Å²) in [7, 11) is 0. The molecule has 1 fully saturated rings. The summed E-state index contributed by atoms with van der Waals surface area (Å²) in [6.07, 6.45) is 0. The first-order valence-corrected chi connectivity index (χ1v) is 6.06. The number of morpholine rings is 1. The Morgan fingerprint density at radius 1 is 1.56 bits per heavy atom. The molecule has 0 aliphatic carbocycles. The summed E-state index contributed by atoms with van der Waals surface area (Å²) in [5.41, 5.74) is -0.0349. The lowest BCUT2D eigenvalue weighted by Crippen LogP contribution is -2.52. The second-order valence-electron chi connectivity index (χ2n) is 4.00. The maximum Gasteiger partial charge on any atom is 0.128 e. The molecule has 0 spiro atoms. The van der Waals surface area contributed by atoms with E-state index in [-0.39, 0.29) is 5.82 Å². The Bertz CT molecular complexity index is 440. The topological polar surface area (TPSA) is 21.3 Å². The molecule has 0 radical (unpaired) electrons. The van der Waals surface area contributed by atoms with Gasteiger partial charge in [-0.25, -0.2) is 4.39 Å². The number of hydrogen-bond donors (Lipinski definition) is 1. The number of thiocarbonyl (C=S) groups is 1. The van der Waals surface area contributed by atoms with Crippen LogP contribution < -0.4 is 5.32 Å². The molecule has 0 bridgehead atoms. The van der Waals surface area contributed by atoms with Crippen molar-refractivity contribution >= 4 is 33.1 Å². The fraction of sp³-hybridized carbons (Fsp3) is 0.364. The zero-order valence-corrected chi connectivity index (χ0v) is 11.1. The summed E-state index contributed by atoms with van der Waals surface area (Å²) in [5.74, 6) is -0.258. The van der Waals surface area contributed by atoms with Gasteiger partial charge in [-0.05, 0) is 25.1 Å². The van der Waals surface area contributed by atoms with Crippen molar-refractivity contribution in [3.05, 3.63) is 34.1 Å². The Kier molecular flexibility index (Phi) is 3.28. The van der Waals surface area contributed by atoms with Crippen LogP contribution in [0, 0.1) is 5.82 Å². The van der Waals surface area contributed by atoms with Gasteiger partial charge in [0.25, 0.3) is 0 Å². The summed E-state index contributed by atoms with van der Waals surface area (Å²) in [4.78, 5) is 0.605. The molecule has 1 aromatic rings. The molecule has 1 aliphatic rings. The van der Waals surface area contributed by atoms with Gasteiger partial charge in [-0.2, -0.15) is 0 Å². The SMILES string of the molecule is C[C@@]1(c2cc(Br)ccc2F)COCC(=S)N1. The van der Waals surface area contributed by atoms with E-state index in [4.69, 9.17) is 17.0 Å². The number of benzene rings is 1. The monoisotopic (exact) mass is 303 g/mol. The van der Waals surface area contributed by atoms with Crippen LogP contribution >= 0.6 is 28.1 Å². The summed E-state index contributed by atoms with van der Waals surface area (Å²) >= 11 is 8.39. The van der Waals surface area contributed by atoms with Gasteiger partial charge < -0.3 is 10.1 Å². The predicted octanol–water partition coefficient (Wildman–Crippen LogP) is 2.75. The minimum Gasteiger partial charge on any atom is -0.372 e. The highest BCUT2D eigenvalue weighted by Crippen LogP contribution is 2.28. The molecule has 5 heteroatoms. The molecule has 0 aromatic heterocycles. The van der Waals surface area contributed by atoms with E-state index >= 15 is 0 Å². The van der Waals surface area contributed by atoms with E-state index in [2.05, 4.69) is 21.2 Å². The van der Waals surface area contributed by atoms with Gasteiger partial charge in [-0.15, -0.1) is 0 Å². The van der Waals surface area contributed by atoms with E-state index in [1.54, 1.807) is 12.1 Å². The molecule has 86 valence electrons. The van der Waals surface area contributed by atoms with Gasteiger partial charge in [0.05, 0.1) is 18.8 Å². The van der Waals surface area contributed by atoms with Crippen molar-refractivity contribution in [2.75, 3.05) is 13.2 Å². The summed E-state index contributed by atoms with van der Waals surface area (Å²) in [6, 6.07) is 4.85. The summed E-state index contributed by atoms with van der Waals surface area (Å²) < 4.78 is 20.0. The Hall–Kier alpha value is -0.520. The van der Waals surface area contributed by atoms with E-state index in [1.165, 1.54) is 6.07 Å². The lowest BCUT2D eigenvalue weighted by molar-refractivity contribution is 0.0857. The first-order chi connectivity index (χ1) is 7.51. The van der Waals surface area contributed by atoms with Crippen molar-refractivity contribution in [3.8, 4) is 0 Å². The lowest BCUT2D eigenvalue weighted by Gasteiger charge is -2.36. The van der Waals surface area contributed by atoms with Crippen molar-refractivity contribution in [1.29, 1.82) is 0 Å². The average molecular weight is 304 g/mol. The highest BCUT2D eigenvalue weighted by molar-refractivity contribution is 9.10. The molecule has 2 rings (SSSR count). The van der Waals surface area contributed by atoms with Crippen LogP contribution in [0.2, 0.25) is 0 Å². The number of rotatable bonds is 1. The fourth-order valence-corrected chi connectivity index (χ4v) is 2.46. The molecule has 2 nitrogen and oxygen atoms in total. The highest BCUT2D eigenvalue weighted by Gasteiger charge is 2.33. The molecular formula is C11H11BrFNOS. The Morgan fingerprint density at radius 3 is 3.00 bits per heavy atom. The molecule has 0 amide bonds. The van der Waals surface area contributed by atoms with E-state index in [1.807, 2.05) is 6.92 Å². The molecule has 1 saturated heterocycles. The van der Waals surface area contributed by atoms with Crippen LogP contribution in [0.5, 0.6) is 0 Å². The van der Waals surface area contributed by atoms with Gasteiger partial charge in [0.15, 0.2) is 0 Å². The normalized spacial score (nSPS) is 25.3. The third-order valence-electron chi connectivity index (χ3n) is 2.56. The van der Waals surface area contributed by atoms with Crippen LogP contribution in [0.15, 0.2) is 22.7 Å². The first-order valence-electron chi connectivity index (χ1n) is 4.85. The zero-order valence-electron chi connectivity index (χ0n) is 8.72. The van der Waals surface area contributed by atoms with Crippen molar-refractivity contribution < 1.29 is 9.13 Å². The number of hydrogen-bond acceptors (Lipinski definition) is 2. The molecule has 1 aromatic carbocycles. The van der Waals surface area contributed by atoms with E-state index in [0.717, 1.165) is 4.47 Å². The third-order valence-corrected chi connectivity index (χ3v) is 3.28. The molecular weight excluding hydrogens is 293 g/mol. The number of halogens is 2. The molecule has 0 unspecified atom stereocenters. The minimum absolute atomic E-state index is 0.258. The maximum absolute atomic E-state index is 13.8. The van der Waals surface area contributed by atoms with Crippen molar-refractivity contribution in [2.24, 2.45) is 0 Å². The molecule has 1 heterocycles. The van der Waals surface area contributed by atoms with Crippen molar-refractivity contribution in [1.82, 2.24) is 5.32 Å². The van der Waals surface area contributed by atoms with Gasteiger partial charge in [-0.3, -0.25) is 0 Å². The largest absolute Gasteiger partial charge is 0.372 e.